The number of fused-ring (bicyclic) bond motifs is 1. The quantitative estimate of drug-likeness (QED) is 0.739. The van der Waals surface area contributed by atoms with Crippen molar-refractivity contribution >= 4 is 44.3 Å². The van der Waals surface area contributed by atoms with Crippen LogP contribution >= 0.6 is 27.5 Å². The Bertz CT molecular complexity index is 521. The molecule has 2 aromatic rings. The largest absolute Gasteiger partial charge is 0.273 e. The number of carbonyl (C=O) groups excluding carboxylic acids is 1. The summed E-state index contributed by atoms with van der Waals surface area (Å²) in [6, 6.07) is 3.52. The van der Waals surface area contributed by atoms with Crippen molar-refractivity contribution in [2.45, 2.75) is 6.92 Å². The van der Waals surface area contributed by atoms with Gasteiger partial charge in [0.15, 0.2) is 0 Å². The average molecular weight is 274 g/mol. The lowest BCUT2D eigenvalue weighted by Gasteiger charge is -1.92. The third-order valence-corrected chi connectivity index (χ3v) is 2.67. The fraction of sp³-hybridized carbons (Fsp3) is 0.111. The minimum atomic E-state index is -0.121. The van der Waals surface area contributed by atoms with Crippen LogP contribution in [-0.4, -0.2) is 15.7 Å². The maximum atomic E-state index is 11.1. The van der Waals surface area contributed by atoms with Crippen molar-refractivity contribution in [2.75, 3.05) is 0 Å². The van der Waals surface area contributed by atoms with E-state index in [1.54, 1.807) is 18.3 Å². The van der Waals surface area contributed by atoms with Gasteiger partial charge in [-0.1, -0.05) is 11.6 Å². The molecule has 0 aliphatic rings. The first-order chi connectivity index (χ1) is 6.58. The smallest absolute Gasteiger partial charge is 0.243 e. The summed E-state index contributed by atoms with van der Waals surface area (Å²) in [6.45, 7) is 1.46. The maximum absolute atomic E-state index is 11.1. The highest BCUT2D eigenvalue weighted by Crippen LogP contribution is 2.26. The molecular formula is C9H6BrClN2O. The lowest BCUT2D eigenvalue weighted by atomic mass is 10.3. The van der Waals surface area contributed by atoms with E-state index < -0.39 is 0 Å². The Balaban J connectivity index is 2.76. The molecule has 0 aliphatic heterocycles. The molecule has 0 N–H and O–H groups in total. The Hall–Kier alpha value is -0.870. The summed E-state index contributed by atoms with van der Waals surface area (Å²) < 4.78 is 2.09. The molecular weight excluding hydrogens is 267 g/mol. The van der Waals surface area contributed by atoms with Crippen molar-refractivity contribution in [2.24, 2.45) is 0 Å². The van der Waals surface area contributed by atoms with Gasteiger partial charge in [0.1, 0.15) is 5.52 Å². The van der Waals surface area contributed by atoms with Crippen molar-refractivity contribution < 1.29 is 4.79 Å². The fourth-order valence-electron chi connectivity index (χ4n) is 1.22. The standard InChI is InChI=1S/C9H6BrClN2O/c1-5(14)13-4-6-2-7(11)3-8(10)9(6)12-13/h2-4H,1H3. The van der Waals surface area contributed by atoms with Crippen molar-refractivity contribution in [3.8, 4) is 0 Å². The maximum Gasteiger partial charge on any atom is 0.243 e. The van der Waals surface area contributed by atoms with Crippen molar-refractivity contribution in [3.63, 3.8) is 0 Å². The van der Waals surface area contributed by atoms with Gasteiger partial charge in [-0.2, -0.15) is 5.10 Å². The number of aromatic nitrogens is 2. The molecule has 1 heterocycles. The second-order valence-corrected chi connectivity index (χ2v) is 4.21. The van der Waals surface area contributed by atoms with Crippen LogP contribution in [0.1, 0.15) is 11.7 Å². The van der Waals surface area contributed by atoms with Gasteiger partial charge in [-0.15, -0.1) is 0 Å². The summed E-state index contributed by atoms with van der Waals surface area (Å²) in [5.41, 5.74) is 0.740. The van der Waals surface area contributed by atoms with Crippen LogP contribution in [0, 0.1) is 0 Å². The summed E-state index contributed by atoms with van der Waals surface area (Å²) in [4.78, 5) is 11.1. The Morgan fingerprint density at radius 1 is 1.57 bits per heavy atom. The van der Waals surface area contributed by atoms with Crippen LogP contribution in [0.4, 0.5) is 0 Å². The number of carbonyl (C=O) groups is 1. The summed E-state index contributed by atoms with van der Waals surface area (Å²) in [5.74, 6) is -0.121. The summed E-state index contributed by atoms with van der Waals surface area (Å²) >= 11 is 9.20. The van der Waals surface area contributed by atoms with Gasteiger partial charge in [-0.25, -0.2) is 4.68 Å². The first-order valence-electron chi connectivity index (χ1n) is 3.93. The van der Waals surface area contributed by atoms with E-state index in [4.69, 9.17) is 11.6 Å². The molecule has 2 rings (SSSR count). The molecule has 0 unspecified atom stereocenters. The van der Waals surface area contributed by atoms with Gasteiger partial charge in [-0.3, -0.25) is 4.79 Å². The van der Waals surface area contributed by atoms with Crippen molar-refractivity contribution in [1.82, 2.24) is 9.78 Å². The molecule has 0 spiro atoms. The van der Waals surface area contributed by atoms with Crippen molar-refractivity contribution in [3.05, 3.63) is 27.8 Å². The van der Waals surface area contributed by atoms with Crippen LogP contribution in [0.15, 0.2) is 22.8 Å². The van der Waals surface area contributed by atoms with Gasteiger partial charge in [-0.05, 0) is 28.1 Å². The highest BCUT2D eigenvalue weighted by atomic mass is 79.9. The molecule has 0 saturated carbocycles. The van der Waals surface area contributed by atoms with Crippen molar-refractivity contribution in [1.29, 1.82) is 0 Å². The van der Waals surface area contributed by atoms with Gasteiger partial charge >= 0.3 is 0 Å². The lowest BCUT2D eigenvalue weighted by Crippen LogP contribution is -2.04. The first-order valence-corrected chi connectivity index (χ1v) is 5.10. The van der Waals surface area contributed by atoms with E-state index in [2.05, 4.69) is 21.0 Å². The minimum absolute atomic E-state index is 0.121. The van der Waals surface area contributed by atoms with E-state index in [0.29, 0.717) is 5.02 Å². The SMILES string of the molecule is CC(=O)n1cc2cc(Cl)cc(Br)c2n1. The molecule has 0 radical (unpaired) electrons. The second-order valence-electron chi connectivity index (χ2n) is 2.92. The molecule has 0 amide bonds. The van der Waals surface area contributed by atoms with E-state index >= 15 is 0 Å². The molecule has 0 fully saturated rings. The molecule has 72 valence electrons. The molecule has 5 heteroatoms. The van der Waals surface area contributed by atoms with Gasteiger partial charge in [0.25, 0.3) is 0 Å². The van der Waals surface area contributed by atoms with Crippen LogP contribution in [-0.2, 0) is 0 Å². The monoisotopic (exact) mass is 272 g/mol. The highest BCUT2D eigenvalue weighted by molar-refractivity contribution is 9.10. The summed E-state index contributed by atoms with van der Waals surface area (Å²) in [6.07, 6.45) is 1.66. The van der Waals surface area contributed by atoms with Gasteiger partial charge in [0.2, 0.25) is 5.91 Å². The predicted molar refractivity (Wildman–Crippen MR) is 58.7 cm³/mol. The van der Waals surface area contributed by atoms with E-state index in [1.165, 1.54) is 11.6 Å². The fourth-order valence-corrected chi connectivity index (χ4v) is 2.13. The first kappa shape index (κ1) is 9.68. The minimum Gasteiger partial charge on any atom is -0.273 e. The molecule has 3 nitrogen and oxygen atoms in total. The Labute approximate surface area is 93.8 Å². The highest BCUT2D eigenvalue weighted by Gasteiger charge is 2.07. The van der Waals surface area contributed by atoms with Gasteiger partial charge in [0, 0.05) is 28.0 Å². The molecule has 0 bridgehead atoms. The molecule has 1 aromatic heterocycles. The topological polar surface area (TPSA) is 34.9 Å². The van der Waals surface area contributed by atoms with E-state index in [0.717, 1.165) is 15.4 Å². The normalized spacial score (nSPS) is 10.8. The molecule has 0 atom stereocenters. The third-order valence-electron chi connectivity index (χ3n) is 1.85. The number of nitrogens with zero attached hydrogens (tertiary/aromatic N) is 2. The number of hydrogen-bond donors (Lipinski definition) is 0. The van der Waals surface area contributed by atoms with Gasteiger partial charge in [0.05, 0.1) is 0 Å². The molecule has 0 saturated heterocycles. The molecule has 0 aliphatic carbocycles. The zero-order valence-electron chi connectivity index (χ0n) is 7.29. The number of benzene rings is 1. The lowest BCUT2D eigenvalue weighted by molar-refractivity contribution is 0.0922. The predicted octanol–water partition coefficient (Wildman–Crippen LogP) is 3.11. The number of halogens is 2. The molecule has 14 heavy (non-hydrogen) atoms. The van der Waals surface area contributed by atoms with Crippen LogP contribution in [0.2, 0.25) is 5.02 Å². The van der Waals surface area contributed by atoms with Crippen LogP contribution in [0.25, 0.3) is 10.9 Å². The Morgan fingerprint density at radius 2 is 2.29 bits per heavy atom. The summed E-state index contributed by atoms with van der Waals surface area (Å²) in [5, 5.41) is 5.58. The zero-order valence-corrected chi connectivity index (χ0v) is 9.63. The van der Waals surface area contributed by atoms with Crippen LogP contribution < -0.4 is 0 Å². The van der Waals surface area contributed by atoms with E-state index in [1.807, 2.05) is 0 Å². The van der Waals surface area contributed by atoms with E-state index in [-0.39, 0.29) is 5.91 Å². The van der Waals surface area contributed by atoms with Crippen LogP contribution in [0.5, 0.6) is 0 Å². The van der Waals surface area contributed by atoms with E-state index in [9.17, 15) is 4.79 Å². The zero-order chi connectivity index (χ0) is 10.3. The Morgan fingerprint density at radius 3 is 2.93 bits per heavy atom. The van der Waals surface area contributed by atoms with Crippen LogP contribution in [0.3, 0.4) is 0 Å². The Kier molecular flexibility index (Phi) is 2.33. The molecule has 1 aromatic carbocycles. The average Bonchev–Trinajstić information content (AvgIpc) is 2.47. The number of rotatable bonds is 0. The number of hydrogen-bond acceptors (Lipinski definition) is 2. The second kappa shape index (κ2) is 3.37. The summed E-state index contributed by atoms with van der Waals surface area (Å²) in [7, 11) is 0. The third kappa shape index (κ3) is 1.55. The van der Waals surface area contributed by atoms with Gasteiger partial charge < -0.3 is 0 Å².